The molecule has 0 aliphatic carbocycles. The zero-order valence-electron chi connectivity index (χ0n) is 13.1. The second-order valence-electron chi connectivity index (χ2n) is 5.52. The molecule has 1 N–H and O–H groups in total. The highest BCUT2D eigenvalue weighted by Crippen LogP contribution is 2.22. The maximum absolute atomic E-state index is 12.7. The maximum atomic E-state index is 12.7. The van der Waals surface area contributed by atoms with Crippen LogP contribution in [0.4, 0.5) is 5.69 Å². The Morgan fingerprint density at radius 1 is 1.33 bits per heavy atom. The van der Waals surface area contributed by atoms with Crippen LogP contribution < -0.4 is 5.32 Å². The maximum Gasteiger partial charge on any atom is 0.269 e. The Balaban J connectivity index is 2.21. The molecule has 1 aromatic rings. The number of sulfonamides is 1. The molecule has 0 saturated carbocycles. The molecule has 2 rings (SSSR count). The lowest BCUT2D eigenvalue weighted by atomic mass is 10.1. The van der Waals surface area contributed by atoms with Gasteiger partial charge in [0.1, 0.15) is 0 Å². The number of carbonyl (C=O) groups is 1. The second-order valence-corrected chi connectivity index (χ2v) is 7.46. The molecule has 0 radical (unpaired) electrons. The van der Waals surface area contributed by atoms with E-state index < -0.39 is 14.9 Å². The van der Waals surface area contributed by atoms with Crippen LogP contribution in [0, 0.1) is 10.1 Å². The van der Waals surface area contributed by atoms with E-state index >= 15 is 0 Å². The van der Waals surface area contributed by atoms with Crippen LogP contribution in [0.5, 0.6) is 0 Å². The summed E-state index contributed by atoms with van der Waals surface area (Å²) < 4.78 is 26.8. The van der Waals surface area contributed by atoms with Crippen molar-refractivity contribution in [1.29, 1.82) is 0 Å². The molecule has 0 bridgehead atoms. The summed E-state index contributed by atoms with van der Waals surface area (Å²) in [5.74, 6) is -0.338. The first-order chi connectivity index (χ1) is 11.3. The van der Waals surface area contributed by atoms with Crippen LogP contribution in [-0.2, 0) is 14.8 Å². The van der Waals surface area contributed by atoms with Crippen molar-refractivity contribution in [2.24, 2.45) is 0 Å². The van der Waals surface area contributed by atoms with E-state index in [9.17, 15) is 23.3 Å². The van der Waals surface area contributed by atoms with Gasteiger partial charge >= 0.3 is 0 Å². The van der Waals surface area contributed by atoms with Gasteiger partial charge in [0.05, 0.1) is 9.82 Å². The summed E-state index contributed by atoms with van der Waals surface area (Å²) in [6.07, 6.45) is 3.33. The summed E-state index contributed by atoms with van der Waals surface area (Å²) in [5.41, 5.74) is -0.166. The number of nitro groups is 1. The number of non-ortho nitro benzene ring substituents is 1. The lowest BCUT2D eigenvalue weighted by molar-refractivity contribution is -0.384. The van der Waals surface area contributed by atoms with E-state index in [4.69, 9.17) is 0 Å². The summed E-state index contributed by atoms with van der Waals surface area (Å²) in [4.78, 5) is 21.6. The van der Waals surface area contributed by atoms with E-state index in [-0.39, 0.29) is 29.1 Å². The average molecular weight is 353 g/mol. The van der Waals surface area contributed by atoms with Gasteiger partial charge in [-0.05, 0) is 31.1 Å². The van der Waals surface area contributed by atoms with Crippen LogP contribution in [0.1, 0.15) is 19.3 Å². The quantitative estimate of drug-likeness (QED) is 0.489. The fourth-order valence-corrected chi connectivity index (χ4v) is 4.12. The summed E-state index contributed by atoms with van der Waals surface area (Å²) in [5, 5.41) is 13.4. The SMILES string of the molecule is C=CC(=O)NC1CCCCN(S(=O)(=O)c2ccc([N+](=O)[O-])cc2)C1. The van der Waals surface area contributed by atoms with Crippen LogP contribution in [0.3, 0.4) is 0 Å². The number of nitro benzene ring substituents is 1. The van der Waals surface area contributed by atoms with Crippen molar-refractivity contribution in [3.63, 3.8) is 0 Å². The molecule has 0 spiro atoms. The topological polar surface area (TPSA) is 110 Å². The molecule has 1 atom stereocenters. The zero-order chi connectivity index (χ0) is 17.7. The first kappa shape index (κ1) is 18.1. The summed E-state index contributed by atoms with van der Waals surface area (Å²) in [7, 11) is -3.77. The number of benzene rings is 1. The molecule has 130 valence electrons. The lowest BCUT2D eigenvalue weighted by Gasteiger charge is -2.24. The minimum absolute atomic E-state index is 0.00352. The van der Waals surface area contributed by atoms with Gasteiger partial charge in [-0.1, -0.05) is 13.0 Å². The van der Waals surface area contributed by atoms with Crippen molar-refractivity contribution in [2.45, 2.75) is 30.2 Å². The van der Waals surface area contributed by atoms with Gasteiger partial charge in [-0.3, -0.25) is 14.9 Å². The van der Waals surface area contributed by atoms with Crippen LogP contribution in [-0.4, -0.2) is 42.7 Å². The monoisotopic (exact) mass is 353 g/mol. The standard InChI is InChI=1S/C15H19N3O5S/c1-2-15(19)16-12-5-3-4-10-17(11-12)24(22,23)14-8-6-13(7-9-14)18(20)21/h2,6-9,12H,1,3-5,10-11H2,(H,16,19). The summed E-state index contributed by atoms with van der Waals surface area (Å²) >= 11 is 0. The van der Waals surface area contributed by atoms with Gasteiger partial charge in [0.2, 0.25) is 15.9 Å². The Bertz CT molecular complexity index is 730. The number of nitrogens with one attached hydrogen (secondary N) is 1. The van der Waals surface area contributed by atoms with Gasteiger partial charge in [-0.25, -0.2) is 8.42 Å². The minimum Gasteiger partial charge on any atom is -0.349 e. The highest BCUT2D eigenvalue weighted by Gasteiger charge is 2.29. The van der Waals surface area contributed by atoms with Gasteiger partial charge in [0, 0.05) is 31.3 Å². The van der Waals surface area contributed by atoms with E-state index in [1.165, 1.54) is 28.6 Å². The van der Waals surface area contributed by atoms with Crippen molar-refractivity contribution in [2.75, 3.05) is 13.1 Å². The predicted octanol–water partition coefficient (Wildman–Crippen LogP) is 1.44. The van der Waals surface area contributed by atoms with E-state index in [2.05, 4.69) is 11.9 Å². The van der Waals surface area contributed by atoms with Crippen molar-refractivity contribution in [1.82, 2.24) is 9.62 Å². The Morgan fingerprint density at radius 2 is 2.00 bits per heavy atom. The number of carbonyl (C=O) groups excluding carboxylic acids is 1. The highest BCUT2D eigenvalue weighted by molar-refractivity contribution is 7.89. The van der Waals surface area contributed by atoms with Crippen LogP contribution in [0.25, 0.3) is 0 Å². The molecule has 24 heavy (non-hydrogen) atoms. The van der Waals surface area contributed by atoms with Crippen LogP contribution in [0.2, 0.25) is 0 Å². The molecule has 1 fully saturated rings. The number of hydrogen-bond donors (Lipinski definition) is 1. The van der Waals surface area contributed by atoms with Gasteiger partial charge in [-0.2, -0.15) is 4.31 Å². The fourth-order valence-electron chi connectivity index (χ4n) is 2.59. The average Bonchev–Trinajstić information content (AvgIpc) is 2.80. The Hall–Kier alpha value is -2.26. The van der Waals surface area contributed by atoms with Gasteiger partial charge in [0.15, 0.2) is 0 Å². The normalized spacial score (nSPS) is 19.2. The molecule has 9 heteroatoms. The number of hydrogen-bond acceptors (Lipinski definition) is 5. The molecular formula is C15H19N3O5S. The Morgan fingerprint density at radius 3 is 2.58 bits per heavy atom. The third kappa shape index (κ3) is 4.18. The van der Waals surface area contributed by atoms with E-state index in [0.717, 1.165) is 12.5 Å². The van der Waals surface area contributed by atoms with Gasteiger partial charge in [-0.15, -0.1) is 0 Å². The van der Waals surface area contributed by atoms with Crippen molar-refractivity contribution >= 4 is 21.6 Å². The van der Waals surface area contributed by atoms with Gasteiger partial charge in [0.25, 0.3) is 5.69 Å². The molecule has 1 aliphatic heterocycles. The van der Waals surface area contributed by atoms with Crippen molar-refractivity contribution in [3.05, 3.63) is 47.0 Å². The third-order valence-electron chi connectivity index (χ3n) is 3.85. The van der Waals surface area contributed by atoms with Crippen LogP contribution >= 0.6 is 0 Å². The molecule has 1 aromatic carbocycles. The minimum atomic E-state index is -3.77. The molecular weight excluding hydrogens is 334 g/mol. The molecule has 1 heterocycles. The van der Waals surface area contributed by atoms with E-state index in [0.29, 0.717) is 19.4 Å². The zero-order valence-corrected chi connectivity index (χ0v) is 13.9. The van der Waals surface area contributed by atoms with Crippen LogP contribution in [0.15, 0.2) is 41.8 Å². The predicted molar refractivity (Wildman–Crippen MR) is 87.8 cm³/mol. The van der Waals surface area contributed by atoms with Crippen molar-refractivity contribution < 1.29 is 18.1 Å². The highest BCUT2D eigenvalue weighted by atomic mass is 32.2. The molecule has 0 aromatic heterocycles. The molecule has 1 aliphatic rings. The Kier molecular flexibility index (Phi) is 5.68. The third-order valence-corrected chi connectivity index (χ3v) is 5.73. The number of amides is 1. The first-order valence-electron chi connectivity index (χ1n) is 7.52. The number of rotatable bonds is 5. The van der Waals surface area contributed by atoms with Gasteiger partial charge < -0.3 is 5.32 Å². The fraction of sp³-hybridized carbons (Fsp3) is 0.400. The second kappa shape index (κ2) is 7.54. The van der Waals surface area contributed by atoms with E-state index in [1.807, 2.05) is 0 Å². The summed E-state index contributed by atoms with van der Waals surface area (Å²) in [6, 6.07) is 4.51. The summed E-state index contributed by atoms with van der Waals surface area (Å²) in [6.45, 7) is 3.90. The van der Waals surface area contributed by atoms with Crippen molar-refractivity contribution in [3.8, 4) is 0 Å². The smallest absolute Gasteiger partial charge is 0.269 e. The molecule has 8 nitrogen and oxygen atoms in total. The molecule has 1 amide bonds. The lowest BCUT2D eigenvalue weighted by Crippen LogP contribution is -2.44. The number of nitrogens with zero attached hydrogens (tertiary/aromatic N) is 2. The van der Waals surface area contributed by atoms with E-state index in [1.54, 1.807) is 0 Å². The largest absolute Gasteiger partial charge is 0.349 e. The molecule has 1 unspecified atom stereocenters. The Labute approximate surface area is 140 Å². The first-order valence-corrected chi connectivity index (χ1v) is 8.96. The molecule has 1 saturated heterocycles.